The van der Waals surface area contributed by atoms with Crippen molar-refractivity contribution >= 4 is 17.7 Å². The number of hydrogen-bond donors (Lipinski definition) is 2. The second-order valence-electron chi connectivity index (χ2n) is 6.12. The first kappa shape index (κ1) is 18.9. The van der Waals surface area contributed by atoms with Crippen LogP contribution in [0, 0.1) is 5.92 Å². The van der Waals surface area contributed by atoms with Crippen LogP contribution in [0.15, 0.2) is 18.2 Å². The molecule has 1 heterocycles. The number of rotatable bonds is 7. The summed E-state index contributed by atoms with van der Waals surface area (Å²) in [7, 11) is 1.48. The van der Waals surface area contributed by atoms with Gasteiger partial charge >= 0.3 is 5.97 Å². The zero-order valence-electron chi connectivity index (χ0n) is 14.4. The summed E-state index contributed by atoms with van der Waals surface area (Å²) in [5, 5.41) is 12.0. The monoisotopic (exact) mass is 349 g/mol. The summed E-state index contributed by atoms with van der Waals surface area (Å²) in [6.45, 7) is 2.38. The molecule has 2 unspecified atom stereocenters. The number of amides is 1. The summed E-state index contributed by atoms with van der Waals surface area (Å²) in [6.07, 6.45) is 1.40. The maximum atomic E-state index is 12.4. The molecule has 0 spiro atoms. The van der Waals surface area contributed by atoms with Crippen LogP contribution in [0.25, 0.3) is 0 Å². The molecule has 2 rings (SSSR count). The smallest absolute Gasteiger partial charge is 0.326 e. The number of benzene rings is 1. The normalized spacial score (nSPS) is 18.2. The molecular formula is C18H23NO6. The van der Waals surface area contributed by atoms with Crippen LogP contribution in [0.1, 0.15) is 35.7 Å². The van der Waals surface area contributed by atoms with E-state index in [-0.39, 0.29) is 18.1 Å². The van der Waals surface area contributed by atoms with Crippen molar-refractivity contribution in [3.63, 3.8) is 0 Å². The molecule has 0 aliphatic carbocycles. The Morgan fingerprint density at radius 1 is 1.40 bits per heavy atom. The average Bonchev–Trinajstić information content (AvgIpc) is 2.60. The highest BCUT2D eigenvalue weighted by Crippen LogP contribution is 2.22. The number of ketones is 1. The molecule has 0 radical (unpaired) electrons. The number of carbonyl (C=O) groups excluding carboxylic acids is 2. The molecule has 1 aliphatic rings. The average molecular weight is 349 g/mol. The van der Waals surface area contributed by atoms with E-state index < -0.39 is 17.9 Å². The Morgan fingerprint density at radius 3 is 2.72 bits per heavy atom. The second-order valence-corrected chi connectivity index (χ2v) is 6.12. The molecule has 1 aliphatic heterocycles. The highest BCUT2D eigenvalue weighted by Gasteiger charge is 2.31. The standard InChI is InChI=1S/C18H23NO6/c1-11(20)12-5-6-15(24-2)14(8-12)9-16(21)19-17(18(22)23)13-4-3-7-25-10-13/h5-6,8,13,17H,3-4,7,9-10H2,1-2H3,(H,19,21)(H,22,23). The van der Waals surface area contributed by atoms with E-state index in [1.807, 2.05) is 0 Å². The van der Waals surface area contributed by atoms with E-state index in [9.17, 15) is 19.5 Å². The van der Waals surface area contributed by atoms with Crippen LogP contribution in [0.3, 0.4) is 0 Å². The third-order valence-electron chi connectivity index (χ3n) is 4.29. The third kappa shape index (κ3) is 5.03. The van der Waals surface area contributed by atoms with E-state index in [2.05, 4.69) is 5.32 Å². The SMILES string of the molecule is COc1ccc(C(C)=O)cc1CC(=O)NC(C(=O)O)C1CCCOC1. The summed E-state index contributed by atoms with van der Waals surface area (Å²) in [4.78, 5) is 35.4. The van der Waals surface area contributed by atoms with E-state index in [1.165, 1.54) is 14.0 Å². The van der Waals surface area contributed by atoms with Crippen molar-refractivity contribution in [1.29, 1.82) is 0 Å². The van der Waals surface area contributed by atoms with Gasteiger partial charge in [0.25, 0.3) is 0 Å². The number of hydrogen-bond acceptors (Lipinski definition) is 5. The van der Waals surface area contributed by atoms with E-state index in [1.54, 1.807) is 18.2 Å². The minimum absolute atomic E-state index is 0.0678. The molecule has 0 bridgehead atoms. The van der Waals surface area contributed by atoms with Crippen molar-refractivity contribution in [3.05, 3.63) is 29.3 Å². The lowest BCUT2D eigenvalue weighted by Crippen LogP contribution is -2.48. The van der Waals surface area contributed by atoms with E-state index in [4.69, 9.17) is 9.47 Å². The number of nitrogens with one attached hydrogen (secondary N) is 1. The zero-order valence-corrected chi connectivity index (χ0v) is 14.4. The van der Waals surface area contributed by atoms with Gasteiger partial charge in [-0.25, -0.2) is 4.79 Å². The van der Waals surface area contributed by atoms with Crippen LogP contribution < -0.4 is 10.1 Å². The molecule has 1 fully saturated rings. The molecule has 25 heavy (non-hydrogen) atoms. The van der Waals surface area contributed by atoms with Crippen molar-refractivity contribution < 1.29 is 29.0 Å². The molecule has 2 atom stereocenters. The predicted molar refractivity (Wildman–Crippen MR) is 89.8 cm³/mol. The Hall–Kier alpha value is -2.41. The lowest BCUT2D eigenvalue weighted by atomic mass is 9.93. The molecule has 2 N–H and O–H groups in total. The zero-order chi connectivity index (χ0) is 18.4. The third-order valence-corrected chi connectivity index (χ3v) is 4.29. The Labute approximate surface area is 146 Å². The summed E-state index contributed by atoms with van der Waals surface area (Å²) >= 11 is 0. The number of carbonyl (C=O) groups is 3. The number of ether oxygens (including phenoxy) is 2. The Morgan fingerprint density at radius 2 is 2.16 bits per heavy atom. The molecule has 7 nitrogen and oxygen atoms in total. The highest BCUT2D eigenvalue weighted by atomic mass is 16.5. The molecule has 0 aromatic heterocycles. The van der Waals surface area contributed by atoms with Gasteiger partial charge in [-0.3, -0.25) is 9.59 Å². The van der Waals surface area contributed by atoms with Gasteiger partial charge in [-0.15, -0.1) is 0 Å². The number of aliphatic carboxylic acids is 1. The van der Waals surface area contributed by atoms with E-state index >= 15 is 0 Å². The van der Waals surface area contributed by atoms with Crippen LogP contribution >= 0.6 is 0 Å². The highest BCUT2D eigenvalue weighted by molar-refractivity contribution is 5.95. The molecule has 1 amide bonds. The first-order chi connectivity index (χ1) is 11.9. The van der Waals surface area contributed by atoms with Crippen molar-refractivity contribution in [1.82, 2.24) is 5.32 Å². The minimum Gasteiger partial charge on any atom is -0.496 e. The fourth-order valence-electron chi connectivity index (χ4n) is 2.94. The molecule has 1 aromatic carbocycles. The Balaban J connectivity index is 2.10. The van der Waals surface area contributed by atoms with Gasteiger partial charge in [0.05, 0.1) is 20.1 Å². The summed E-state index contributed by atoms with van der Waals surface area (Å²) < 4.78 is 10.5. The van der Waals surface area contributed by atoms with Gasteiger partial charge in [0, 0.05) is 23.7 Å². The number of Topliss-reactive ketones (excluding diaryl/α,β-unsaturated/α-hetero) is 1. The van der Waals surface area contributed by atoms with Crippen LogP contribution in [-0.4, -0.2) is 49.1 Å². The van der Waals surface area contributed by atoms with Crippen LogP contribution in [0.4, 0.5) is 0 Å². The summed E-state index contributed by atoms with van der Waals surface area (Å²) in [5.41, 5.74) is 1.01. The van der Waals surface area contributed by atoms with Crippen molar-refractivity contribution in [3.8, 4) is 5.75 Å². The van der Waals surface area contributed by atoms with Crippen LogP contribution in [0.5, 0.6) is 5.75 Å². The second kappa shape index (κ2) is 8.62. The van der Waals surface area contributed by atoms with Crippen molar-refractivity contribution in [2.24, 2.45) is 5.92 Å². The van der Waals surface area contributed by atoms with E-state index in [0.29, 0.717) is 36.5 Å². The summed E-state index contributed by atoms with van der Waals surface area (Å²) in [6, 6.07) is 3.86. The first-order valence-electron chi connectivity index (χ1n) is 8.20. The Bertz CT molecular complexity index is 651. The first-order valence-corrected chi connectivity index (χ1v) is 8.20. The quantitative estimate of drug-likeness (QED) is 0.722. The summed E-state index contributed by atoms with van der Waals surface area (Å²) in [5.74, 6) is -1.40. The molecule has 136 valence electrons. The van der Waals surface area contributed by atoms with Crippen LogP contribution in [0.2, 0.25) is 0 Å². The predicted octanol–water partition coefficient (Wildman–Crippen LogP) is 1.44. The van der Waals surface area contributed by atoms with Gasteiger partial charge in [-0.05, 0) is 38.0 Å². The molecule has 7 heteroatoms. The molecular weight excluding hydrogens is 326 g/mol. The van der Waals surface area contributed by atoms with Gasteiger partial charge < -0.3 is 19.9 Å². The fraction of sp³-hybridized carbons (Fsp3) is 0.500. The van der Waals surface area contributed by atoms with Crippen molar-refractivity contribution in [2.75, 3.05) is 20.3 Å². The van der Waals surface area contributed by atoms with Crippen molar-refractivity contribution in [2.45, 2.75) is 32.2 Å². The van der Waals surface area contributed by atoms with Gasteiger partial charge in [0.2, 0.25) is 5.91 Å². The van der Waals surface area contributed by atoms with Gasteiger partial charge in [0.15, 0.2) is 5.78 Å². The molecule has 1 saturated heterocycles. The minimum atomic E-state index is -1.08. The largest absolute Gasteiger partial charge is 0.496 e. The van der Waals surface area contributed by atoms with Gasteiger partial charge in [0.1, 0.15) is 11.8 Å². The fourth-order valence-corrected chi connectivity index (χ4v) is 2.94. The number of carboxylic acid groups (broad SMARTS) is 1. The van der Waals surface area contributed by atoms with Crippen LogP contribution in [-0.2, 0) is 20.7 Å². The van der Waals surface area contributed by atoms with Gasteiger partial charge in [-0.1, -0.05) is 0 Å². The number of carboxylic acids is 1. The Kier molecular flexibility index (Phi) is 6.52. The van der Waals surface area contributed by atoms with E-state index in [0.717, 1.165) is 6.42 Å². The van der Waals surface area contributed by atoms with Gasteiger partial charge in [-0.2, -0.15) is 0 Å². The molecule has 1 aromatic rings. The molecule has 0 saturated carbocycles. The maximum Gasteiger partial charge on any atom is 0.326 e. The lowest BCUT2D eigenvalue weighted by molar-refractivity contribution is -0.145. The maximum absolute atomic E-state index is 12.4. The number of methoxy groups -OCH3 is 1. The topological polar surface area (TPSA) is 102 Å². The lowest BCUT2D eigenvalue weighted by Gasteiger charge is -2.28.